The molecule has 1 aliphatic rings. The third kappa shape index (κ3) is 4.28. The summed E-state index contributed by atoms with van der Waals surface area (Å²) in [6.45, 7) is 7.49. The van der Waals surface area contributed by atoms with Gasteiger partial charge in [-0.05, 0) is 68.6 Å². The summed E-state index contributed by atoms with van der Waals surface area (Å²) in [7, 11) is 0. The van der Waals surface area contributed by atoms with Crippen LogP contribution in [-0.2, 0) is 6.54 Å². The van der Waals surface area contributed by atoms with Crippen molar-refractivity contribution in [1.29, 1.82) is 0 Å². The van der Waals surface area contributed by atoms with Crippen molar-refractivity contribution in [2.75, 3.05) is 18.4 Å². The topological polar surface area (TPSA) is 75.9 Å². The van der Waals surface area contributed by atoms with E-state index in [0.29, 0.717) is 16.5 Å². The second-order valence-corrected chi connectivity index (χ2v) is 9.51. The molecule has 0 aliphatic carbocycles. The Morgan fingerprint density at radius 2 is 2.06 bits per heavy atom. The Kier molecular flexibility index (Phi) is 5.71. The molecular formula is C24H26N6OS. The van der Waals surface area contributed by atoms with Crippen LogP contribution in [0.15, 0.2) is 48.8 Å². The number of hydrogen-bond donors (Lipinski definition) is 1. The molecule has 32 heavy (non-hydrogen) atoms. The average Bonchev–Trinajstić information content (AvgIpc) is 3.38. The van der Waals surface area contributed by atoms with E-state index in [-0.39, 0.29) is 5.91 Å². The van der Waals surface area contributed by atoms with Gasteiger partial charge in [-0.2, -0.15) is 5.10 Å². The first-order valence-electron chi connectivity index (χ1n) is 11.0. The molecule has 1 aliphatic heterocycles. The van der Waals surface area contributed by atoms with Gasteiger partial charge >= 0.3 is 0 Å². The molecule has 0 unspecified atom stereocenters. The van der Waals surface area contributed by atoms with Gasteiger partial charge in [-0.3, -0.25) is 15.0 Å². The number of benzene rings is 1. The van der Waals surface area contributed by atoms with Crippen LogP contribution in [-0.4, -0.2) is 43.6 Å². The molecule has 1 fully saturated rings. The summed E-state index contributed by atoms with van der Waals surface area (Å²) >= 11 is 1.50. The Labute approximate surface area is 191 Å². The zero-order valence-corrected chi connectivity index (χ0v) is 19.1. The van der Waals surface area contributed by atoms with E-state index in [9.17, 15) is 4.79 Å². The predicted octanol–water partition coefficient (Wildman–Crippen LogP) is 4.67. The minimum absolute atomic E-state index is 0.216. The van der Waals surface area contributed by atoms with Crippen molar-refractivity contribution >= 4 is 32.6 Å². The molecule has 0 radical (unpaired) electrons. The summed E-state index contributed by atoms with van der Waals surface area (Å²) in [5.74, 6) is 1.30. The van der Waals surface area contributed by atoms with Gasteiger partial charge in [0.1, 0.15) is 0 Å². The van der Waals surface area contributed by atoms with Gasteiger partial charge in [0, 0.05) is 12.7 Å². The van der Waals surface area contributed by atoms with E-state index < -0.39 is 0 Å². The van der Waals surface area contributed by atoms with Crippen molar-refractivity contribution < 1.29 is 4.79 Å². The number of thiazole rings is 1. The van der Waals surface area contributed by atoms with Crippen molar-refractivity contribution in [2.45, 2.75) is 33.2 Å². The smallest absolute Gasteiger partial charge is 0.260 e. The maximum Gasteiger partial charge on any atom is 0.260 e. The Balaban J connectivity index is 1.30. The SMILES string of the molecule is Cc1c(C(=O)Nc2nc3ccc(CN4CCC(C)CC4)cc3s2)cnn1-c1ccccn1. The van der Waals surface area contributed by atoms with Crippen LogP contribution in [0.2, 0.25) is 0 Å². The molecule has 0 atom stereocenters. The Morgan fingerprint density at radius 1 is 1.22 bits per heavy atom. The molecular weight excluding hydrogens is 420 g/mol. The summed E-state index contributed by atoms with van der Waals surface area (Å²) in [6, 6.07) is 12.0. The molecule has 5 rings (SSSR count). The predicted molar refractivity (Wildman–Crippen MR) is 127 cm³/mol. The first kappa shape index (κ1) is 20.8. The zero-order chi connectivity index (χ0) is 22.1. The van der Waals surface area contributed by atoms with Crippen LogP contribution in [0.1, 0.15) is 41.4 Å². The number of aromatic nitrogens is 4. The van der Waals surface area contributed by atoms with Crippen LogP contribution < -0.4 is 5.32 Å². The van der Waals surface area contributed by atoms with Crippen molar-refractivity contribution in [3.05, 3.63) is 65.6 Å². The fourth-order valence-corrected chi connectivity index (χ4v) is 5.03. The lowest BCUT2D eigenvalue weighted by molar-refractivity contribution is 0.102. The number of amides is 1. The first-order valence-corrected chi connectivity index (χ1v) is 11.8. The molecule has 1 saturated heterocycles. The largest absolute Gasteiger partial charge is 0.299 e. The van der Waals surface area contributed by atoms with E-state index in [1.807, 2.05) is 31.2 Å². The van der Waals surface area contributed by atoms with Gasteiger partial charge in [0.25, 0.3) is 5.91 Å². The third-order valence-electron chi connectivity index (χ3n) is 6.08. The van der Waals surface area contributed by atoms with Gasteiger partial charge in [0.05, 0.1) is 27.7 Å². The number of rotatable bonds is 5. The van der Waals surface area contributed by atoms with Gasteiger partial charge in [0.15, 0.2) is 10.9 Å². The van der Waals surface area contributed by atoms with E-state index in [2.05, 4.69) is 44.3 Å². The number of carbonyl (C=O) groups is 1. The average molecular weight is 447 g/mol. The van der Waals surface area contributed by atoms with Gasteiger partial charge < -0.3 is 0 Å². The standard InChI is InChI=1S/C24H26N6OS/c1-16-8-11-29(12-9-16)15-18-6-7-20-21(13-18)32-24(27-20)28-23(31)19-14-26-30(17(19)2)22-5-3-4-10-25-22/h3-7,10,13-14,16H,8-9,11-12,15H2,1-2H3,(H,27,28,31). The third-order valence-corrected chi connectivity index (χ3v) is 7.01. The number of nitrogens with zero attached hydrogens (tertiary/aromatic N) is 5. The minimum Gasteiger partial charge on any atom is -0.299 e. The highest BCUT2D eigenvalue weighted by Crippen LogP contribution is 2.28. The minimum atomic E-state index is -0.216. The molecule has 164 valence electrons. The number of hydrogen-bond acceptors (Lipinski definition) is 6. The van der Waals surface area contributed by atoms with E-state index in [0.717, 1.165) is 41.5 Å². The maximum atomic E-state index is 12.9. The van der Waals surface area contributed by atoms with E-state index in [1.54, 1.807) is 17.1 Å². The van der Waals surface area contributed by atoms with E-state index >= 15 is 0 Å². The van der Waals surface area contributed by atoms with Gasteiger partial charge in [-0.25, -0.2) is 14.6 Å². The lowest BCUT2D eigenvalue weighted by Gasteiger charge is -2.30. The van der Waals surface area contributed by atoms with Gasteiger partial charge in [0.2, 0.25) is 0 Å². The number of nitrogens with one attached hydrogen (secondary N) is 1. The Morgan fingerprint density at radius 3 is 2.84 bits per heavy atom. The van der Waals surface area contributed by atoms with Crippen LogP contribution in [0.3, 0.4) is 0 Å². The zero-order valence-electron chi connectivity index (χ0n) is 18.3. The van der Waals surface area contributed by atoms with E-state index in [4.69, 9.17) is 0 Å². The number of fused-ring (bicyclic) bond motifs is 1. The molecule has 1 N–H and O–H groups in total. The second-order valence-electron chi connectivity index (χ2n) is 8.48. The number of anilines is 1. The maximum absolute atomic E-state index is 12.9. The normalized spacial score (nSPS) is 15.3. The number of piperidine rings is 1. The lowest BCUT2D eigenvalue weighted by atomic mass is 9.99. The molecule has 1 amide bonds. The monoisotopic (exact) mass is 446 g/mol. The highest BCUT2D eigenvalue weighted by atomic mass is 32.1. The molecule has 4 aromatic rings. The van der Waals surface area contributed by atoms with Crippen LogP contribution in [0.4, 0.5) is 5.13 Å². The highest BCUT2D eigenvalue weighted by Gasteiger charge is 2.18. The van der Waals surface area contributed by atoms with Crippen LogP contribution >= 0.6 is 11.3 Å². The molecule has 0 bridgehead atoms. The Bertz CT molecular complexity index is 1240. The van der Waals surface area contributed by atoms with Crippen molar-refractivity contribution in [3.63, 3.8) is 0 Å². The van der Waals surface area contributed by atoms with Crippen molar-refractivity contribution in [1.82, 2.24) is 24.6 Å². The number of likely N-dealkylation sites (tertiary alicyclic amines) is 1. The number of pyridine rings is 1. The Hall–Kier alpha value is -3.10. The first-order chi connectivity index (χ1) is 15.6. The van der Waals surface area contributed by atoms with Crippen LogP contribution in [0.5, 0.6) is 0 Å². The fourth-order valence-electron chi connectivity index (χ4n) is 4.11. The summed E-state index contributed by atoms with van der Waals surface area (Å²) < 4.78 is 2.75. The fraction of sp³-hybridized carbons (Fsp3) is 0.333. The lowest BCUT2D eigenvalue weighted by Crippen LogP contribution is -2.32. The second kappa shape index (κ2) is 8.80. The van der Waals surface area contributed by atoms with Gasteiger partial charge in [-0.1, -0.05) is 30.4 Å². The molecule has 3 aromatic heterocycles. The van der Waals surface area contributed by atoms with Crippen molar-refractivity contribution in [2.24, 2.45) is 5.92 Å². The number of carbonyl (C=O) groups excluding carboxylic acids is 1. The van der Waals surface area contributed by atoms with Crippen LogP contribution in [0, 0.1) is 12.8 Å². The molecule has 0 saturated carbocycles. The summed E-state index contributed by atoms with van der Waals surface area (Å²) in [4.78, 5) is 24.3. The summed E-state index contributed by atoms with van der Waals surface area (Å²) in [6.07, 6.45) is 5.83. The van der Waals surface area contributed by atoms with Crippen LogP contribution in [0.25, 0.3) is 16.0 Å². The summed E-state index contributed by atoms with van der Waals surface area (Å²) in [5.41, 5.74) is 3.44. The quantitative estimate of drug-likeness (QED) is 0.482. The summed E-state index contributed by atoms with van der Waals surface area (Å²) in [5, 5.41) is 7.87. The van der Waals surface area contributed by atoms with Gasteiger partial charge in [-0.15, -0.1) is 0 Å². The molecule has 0 spiro atoms. The molecule has 8 heteroatoms. The molecule has 7 nitrogen and oxygen atoms in total. The molecule has 1 aromatic carbocycles. The highest BCUT2D eigenvalue weighted by molar-refractivity contribution is 7.22. The van der Waals surface area contributed by atoms with Crippen molar-refractivity contribution in [3.8, 4) is 5.82 Å². The molecule has 4 heterocycles. The van der Waals surface area contributed by atoms with E-state index in [1.165, 1.54) is 29.7 Å².